The molecular weight excluding hydrogens is 268 g/mol. The Hall–Kier alpha value is -1.10. The van der Waals surface area contributed by atoms with Gasteiger partial charge in [-0.1, -0.05) is 23.7 Å². The Morgan fingerprint density at radius 2 is 2.33 bits per heavy atom. The molecule has 96 valence electrons. The number of aromatic nitrogens is 1. The maximum Gasteiger partial charge on any atom is 0.119 e. The first kappa shape index (κ1) is 13.3. The number of nitrogens with one attached hydrogen (secondary N) is 1. The third kappa shape index (κ3) is 4.29. The zero-order valence-electron chi connectivity index (χ0n) is 10.1. The molecule has 18 heavy (non-hydrogen) atoms. The fraction of sp³-hybridized carbons (Fsp3) is 0.308. The summed E-state index contributed by atoms with van der Waals surface area (Å²) in [5.41, 5.74) is 1.21. The predicted molar refractivity (Wildman–Crippen MR) is 75.5 cm³/mol. The largest absolute Gasteiger partial charge is 0.492 e. The number of nitrogens with zero attached hydrogens (tertiary/aromatic N) is 1. The van der Waals surface area contributed by atoms with E-state index >= 15 is 0 Å². The number of benzene rings is 1. The van der Waals surface area contributed by atoms with Crippen LogP contribution in [-0.4, -0.2) is 18.1 Å². The lowest BCUT2D eigenvalue weighted by atomic mass is 10.2. The lowest BCUT2D eigenvalue weighted by molar-refractivity contribution is 0.313. The summed E-state index contributed by atoms with van der Waals surface area (Å²) in [6, 6.07) is 8.04. The SMILES string of the molecule is Cc1cccc(OCCNCc2ncc(Cl)s2)c1. The van der Waals surface area contributed by atoms with Crippen molar-refractivity contribution in [3.05, 3.63) is 45.4 Å². The summed E-state index contributed by atoms with van der Waals surface area (Å²) in [7, 11) is 0. The molecule has 5 heteroatoms. The molecule has 1 aromatic carbocycles. The fourth-order valence-electron chi connectivity index (χ4n) is 1.51. The minimum Gasteiger partial charge on any atom is -0.492 e. The van der Waals surface area contributed by atoms with E-state index in [9.17, 15) is 0 Å². The summed E-state index contributed by atoms with van der Waals surface area (Å²) in [4.78, 5) is 4.17. The lowest BCUT2D eigenvalue weighted by Gasteiger charge is -2.07. The van der Waals surface area contributed by atoms with E-state index in [1.54, 1.807) is 6.20 Å². The Balaban J connectivity index is 1.64. The third-order valence-corrected chi connectivity index (χ3v) is 3.45. The van der Waals surface area contributed by atoms with Crippen molar-refractivity contribution in [3.63, 3.8) is 0 Å². The monoisotopic (exact) mass is 282 g/mol. The molecule has 0 aliphatic rings. The van der Waals surface area contributed by atoms with E-state index in [0.717, 1.165) is 28.2 Å². The molecule has 0 atom stereocenters. The zero-order chi connectivity index (χ0) is 12.8. The van der Waals surface area contributed by atoms with Crippen molar-refractivity contribution >= 4 is 22.9 Å². The highest BCUT2D eigenvalue weighted by atomic mass is 35.5. The number of aryl methyl sites for hydroxylation is 1. The van der Waals surface area contributed by atoms with Crippen LogP contribution in [0.25, 0.3) is 0 Å². The smallest absolute Gasteiger partial charge is 0.119 e. The van der Waals surface area contributed by atoms with Crippen LogP contribution in [0, 0.1) is 6.92 Å². The first-order valence-electron chi connectivity index (χ1n) is 5.74. The molecule has 0 fully saturated rings. The summed E-state index contributed by atoms with van der Waals surface area (Å²) in [5, 5.41) is 4.26. The van der Waals surface area contributed by atoms with Crippen LogP contribution < -0.4 is 10.1 Å². The Morgan fingerprint density at radius 1 is 1.44 bits per heavy atom. The van der Waals surface area contributed by atoms with Crippen molar-refractivity contribution < 1.29 is 4.74 Å². The van der Waals surface area contributed by atoms with Gasteiger partial charge in [-0.3, -0.25) is 0 Å². The summed E-state index contributed by atoms with van der Waals surface area (Å²) in [6.45, 7) is 4.21. The van der Waals surface area contributed by atoms with Gasteiger partial charge in [0.2, 0.25) is 0 Å². The topological polar surface area (TPSA) is 34.1 Å². The molecule has 2 rings (SSSR count). The molecule has 0 radical (unpaired) electrons. The summed E-state index contributed by atoms with van der Waals surface area (Å²) >= 11 is 7.29. The van der Waals surface area contributed by atoms with E-state index in [1.807, 2.05) is 18.2 Å². The minimum atomic E-state index is 0.641. The van der Waals surface area contributed by atoms with Crippen molar-refractivity contribution in [1.29, 1.82) is 0 Å². The summed E-state index contributed by atoms with van der Waals surface area (Å²) < 4.78 is 6.35. The summed E-state index contributed by atoms with van der Waals surface area (Å²) in [5.74, 6) is 0.911. The Kier molecular flexibility index (Phi) is 4.99. The van der Waals surface area contributed by atoms with Crippen molar-refractivity contribution in [2.45, 2.75) is 13.5 Å². The van der Waals surface area contributed by atoms with Gasteiger partial charge >= 0.3 is 0 Å². The second-order valence-electron chi connectivity index (χ2n) is 3.90. The highest BCUT2D eigenvalue weighted by Gasteiger charge is 1.99. The molecule has 3 nitrogen and oxygen atoms in total. The van der Waals surface area contributed by atoms with Crippen LogP contribution in [-0.2, 0) is 6.54 Å². The van der Waals surface area contributed by atoms with E-state index in [-0.39, 0.29) is 0 Å². The van der Waals surface area contributed by atoms with Gasteiger partial charge in [0, 0.05) is 13.1 Å². The molecule has 0 saturated carbocycles. The molecule has 1 aromatic heterocycles. The van der Waals surface area contributed by atoms with Crippen LogP contribution in [0.5, 0.6) is 5.75 Å². The van der Waals surface area contributed by atoms with Crippen molar-refractivity contribution in [2.75, 3.05) is 13.2 Å². The van der Waals surface area contributed by atoms with Gasteiger partial charge in [-0.25, -0.2) is 4.98 Å². The molecule has 0 aliphatic heterocycles. The van der Waals surface area contributed by atoms with Crippen LogP contribution in [0.4, 0.5) is 0 Å². The second-order valence-corrected chi connectivity index (χ2v) is 5.65. The molecule has 1 heterocycles. The van der Waals surface area contributed by atoms with Crippen molar-refractivity contribution in [3.8, 4) is 5.75 Å². The van der Waals surface area contributed by atoms with Crippen LogP contribution >= 0.6 is 22.9 Å². The number of thiazole rings is 1. The van der Waals surface area contributed by atoms with Gasteiger partial charge in [-0.2, -0.15) is 0 Å². The Labute approximate surface area is 116 Å². The van der Waals surface area contributed by atoms with Gasteiger partial charge in [-0.05, 0) is 24.6 Å². The van der Waals surface area contributed by atoms with E-state index in [1.165, 1.54) is 16.9 Å². The minimum absolute atomic E-state index is 0.641. The molecular formula is C13H15ClN2OS. The van der Waals surface area contributed by atoms with Gasteiger partial charge in [-0.15, -0.1) is 11.3 Å². The number of hydrogen-bond donors (Lipinski definition) is 1. The van der Waals surface area contributed by atoms with Crippen molar-refractivity contribution in [2.24, 2.45) is 0 Å². The van der Waals surface area contributed by atoms with Crippen LogP contribution in [0.1, 0.15) is 10.6 Å². The lowest BCUT2D eigenvalue weighted by Crippen LogP contribution is -2.20. The molecule has 0 unspecified atom stereocenters. The fourth-order valence-corrected chi connectivity index (χ4v) is 2.44. The second kappa shape index (κ2) is 6.73. The van der Waals surface area contributed by atoms with Gasteiger partial charge in [0.05, 0.1) is 6.20 Å². The number of halogens is 1. The number of rotatable bonds is 6. The first-order chi connectivity index (χ1) is 8.74. The predicted octanol–water partition coefficient (Wildman–Crippen LogP) is 3.27. The van der Waals surface area contributed by atoms with Crippen molar-refractivity contribution in [1.82, 2.24) is 10.3 Å². The van der Waals surface area contributed by atoms with Crippen LogP contribution in [0.15, 0.2) is 30.5 Å². The van der Waals surface area contributed by atoms with E-state index in [4.69, 9.17) is 16.3 Å². The average Bonchev–Trinajstić information content (AvgIpc) is 2.75. The normalized spacial score (nSPS) is 10.6. The van der Waals surface area contributed by atoms with E-state index in [2.05, 4.69) is 23.3 Å². The maximum absolute atomic E-state index is 5.80. The quantitative estimate of drug-likeness (QED) is 0.826. The molecule has 0 aliphatic carbocycles. The third-order valence-electron chi connectivity index (χ3n) is 2.34. The molecule has 1 N–H and O–H groups in total. The number of hydrogen-bond acceptors (Lipinski definition) is 4. The van der Waals surface area contributed by atoms with Crippen LogP contribution in [0.2, 0.25) is 4.34 Å². The standard InChI is InChI=1S/C13H15ClN2OS/c1-10-3-2-4-11(7-10)17-6-5-15-9-13-16-8-12(14)18-13/h2-4,7-8,15H,5-6,9H2,1H3. The Morgan fingerprint density at radius 3 is 3.06 bits per heavy atom. The van der Waals surface area contributed by atoms with E-state index < -0.39 is 0 Å². The number of ether oxygens (including phenoxy) is 1. The maximum atomic E-state index is 5.80. The van der Waals surface area contributed by atoms with Gasteiger partial charge in [0.25, 0.3) is 0 Å². The first-order valence-corrected chi connectivity index (χ1v) is 6.94. The molecule has 0 bridgehead atoms. The molecule has 0 saturated heterocycles. The highest BCUT2D eigenvalue weighted by molar-refractivity contribution is 7.15. The molecule has 0 spiro atoms. The summed E-state index contributed by atoms with van der Waals surface area (Å²) in [6.07, 6.45) is 1.67. The zero-order valence-corrected chi connectivity index (χ0v) is 11.7. The van der Waals surface area contributed by atoms with Gasteiger partial charge in [0.15, 0.2) is 0 Å². The molecule has 0 amide bonds. The molecule has 2 aromatic rings. The highest BCUT2D eigenvalue weighted by Crippen LogP contribution is 2.17. The average molecular weight is 283 g/mol. The van der Waals surface area contributed by atoms with Crippen LogP contribution in [0.3, 0.4) is 0 Å². The van der Waals surface area contributed by atoms with E-state index in [0.29, 0.717) is 6.61 Å². The van der Waals surface area contributed by atoms with Gasteiger partial charge < -0.3 is 10.1 Å². The Bertz CT molecular complexity index is 501. The van der Waals surface area contributed by atoms with Gasteiger partial charge in [0.1, 0.15) is 21.7 Å².